The molecule has 0 bridgehead atoms. The Balaban J connectivity index is 2.45. The molecule has 2 aliphatic carbocycles. The van der Waals surface area contributed by atoms with Gasteiger partial charge in [-0.15, -0.1) is 0 Å². The third kappa shape index (κ3) is 2.07. The molecule has 1 fully saturated rings. The van der Waals surface area contributed by atoms with Gasteiger partial charge in [-0.3, -0.25) is 0 Å². The summed E-state index contributed by atoms with van der Waals surface area (Å²) in [6, 6.07) is 0. The van der Waals surface area contributed by atoms with Crippen molar-refractivity contribution >= 4 is 6.29 Å². The zero-order valence-electron chi connectivity index (χ0n) is 11.7. The van der Waals surface area contributed by atoms with E-state index < -0.39 is 5.60 Å². The molecule has 1 unspecified atom stereocenters. The third-order valence-corrected chi connectivity index (χ3v) is 4.80. The van der Waals surface area contributed by atoms with E-state index in [9.17, 15) is 9.90 Å². The molecule has 0 heterocycles. The number of aldehydes is 1. The smallest absolute Gasteiger partial charge is 0.127 e. The summed E-state index contributed by atoms with van der Waals surface area (Å²) in [6.45, 7) is 9.99. The van der Waals surface area contributed by atoms with Gasteiger partial charge in [0.05, 0.1) is 5.60 Å². The molecule has 1 saturated carbocycles. The second-order valence-corrected chi connectivity index (χ2v) is 6.73. The van der Waals surface area contributed by atoms with Gasteiger partial charge >= 0.3 is 0 Å². The summed E-state index contributed by atoms with van der Waals surface area (Å²) in [5.41, 5.74) is 1.30. The summed E-state index contributed by atoms with van der Waals surface area (Å²) in [7, 11) is 0. The van der Waals surface area contributed by atoms with Crippen molar-refractivity contribution in [3.05, 3.63) is 23.8 Å². The van der Waals surface area contributed by atoms with Crippen LogP contribution in [0.2, 0.25) is 0 Å². The van der Waals surface area contributed by atoms with E-state index in [2.05, 4.69) is 19.6 Å². The number of fused-ring (bicyclic) bond motifs is 1. The molecular formula is C16H24O2. The van der Waals surface area contributed by atoms with Gasteiger partial charge in [0.15, 0.2) is 0 Å². The van der Waals surface area contributed by atoms with Crippen LogP contribution in [0, 0.1) is 17.3 Å². The van der Waals surface area contributed by atoms with Crippen LogP contribution >= 0.6 is 0 Å². The van der Waals surface area contributed by atoms with Crippen molar-refractivity contribution in [3.63, 3.8) is 0 Å². The minimum absolute atomic E-state index is 0.148. The fourth-order valence-corrected chi connectivity index (χ4v) is 3.91. The average molecular weight is 248 g/mol. The summed E-state index contributed by atoms with van der Waals surface area (Å²) >= 11 is 0. The standard InChI is InChI=1S/C16H24O2/c1-11-6-5-8-16(4)9-7-13(15(2,3)18)12(10-17)14(11)16/h7,10,12,14,18H,1,5-6,8-9H2,2-4H3/t12?,14-,16-/m1/s1. The van der Waals surface area contributed by atoms with Crippen molar-refractivity contribution in [2.75, 3.05) is 0 Å². The van der Waals surface area contributed by atoms with Crippen LogP contribution in [0.15, 0.2) is 23.8 Å². The first-order chi connectivity index (χ1) is 8.29. The summed E-state index contributed by atoms with van der Waals surface area (Å²) in [6.07, 6.45) is 7.39. The van der Waals surface area contributed by atoms with Crippen LogP contribution in [0.25, 0.3) is 0 Å². The largest absolute Gasteiger partial charge is 0.386 e. The van der Waals surface area contributed by atoms with Gasteiger partial charge in [0.2, 0.25) is 0 Å². The number of aliphatic hydroxyl groups is 1. The maximum atomic E-state index is 11.6. The molecule has 0 aromatic carbocycles. The molecule has 0 aliphatic heterocycles. The molecule has 0 aromatic rings. The Morgan fingerprint density at radius 3 is 2.78 bits per heavy atom. The van der Waals surface area contributed by atoms with Gasteiger partial charge in [0.1, 0.15) is 6.29 Å². The van der Waals surface area contributed by atoms with Crippen molar-refractivity contribution in [2.45, 2.75) is 52.1 Å². The number of hydrogen-bond donors (Lipinski definition) is 1. The maximum Gasteiger partial charge on any atom is 0.127 e. The van der Waals surface area contributed by atoms with Crippen molar-refractivity contribution < 1.29 is 9.90 Å². The SMILES string of the molecule is C=C1CCC[C@]2(C)CC=C(C(C)(C)O)C(C=O)[C@@H]12. The van der Waals surface area contributed by atoms with E-state index in [1.807, 2.05) is 0 Å². The van der Waals surface area contributed by atoms with Crippen molar-refractivity contribution in [3.8, 4) is 0 Å². The van der Waals surface area contributed by atoms with Crippen LogP contribution in [0.3, 0.4) is 0 Å². The summed E-state index contributed by atoms with van der Waals surface area (Å²) < 4.78 is 0. The third-order valence-electron chi connectivity index (χ3n) is 4.80. The average Bonchev–Trinajstić information content (AvgIpc) is 2.25. The van der Waals surface area contributed by atoms with E-state index in [1.54, 1.807) is 13.8 Å². The molecule has 18 heavy (non-hydrogen) atoms. The minimum atomic E-state index is -0.912. The molecule has 100 valence electrons. The fourth-order valence-electron chi connectivity index (χ4n) is 3.91. The van der Waals surface area contributed by atoms with Gasteiger partial charge in [0.25, 0.3) is 0 Å². The predicted octanol–water partition coefficient (Wildman–Crippen LogP) is 3.27. The zero-order valence-corrected chi connectivity index (χ0v) is 11.7. The highest BCUT2D eigenvalue weighted by Crippen LogP contribution is 2.54. The molecule has 0 spiro atoms. The highest BCUT2D eigenvalue weighted by atomic mass is 16.3. The number of rotatable bonds is 2. The molecule has 3 atom stereocenters. The Hall–Kier alpha value is -0.890. The molecule has 2 nitrogen and oxygen atoms in total. The monoisotopic (exact) mass is 248 g/mol. The first kappa shape index (κ1) is 13.5. The van der Waals surface area contributed by atoms with E-state index in [4.69, 9.17) is 0 Å². The van der Waals surface area contributed by atoms with E-state index >= 15 is 0 Å². The minimum Gasteiger partial charge on any atom is -0.386 e. The van der Waals surface area contributed by atoms with E-state index in [-0.39, 0.29) is 17.3 Å². The number of allylic oxidation sites excluding steroid dienone is 2. The second kappa shape index (κ2) is 4.34. The Kier molecular flexibility index (Phi) is 3.26. The topological polar surface area (TPSA) is 37.3 Å². The molecule has 2 aliphatic rings. The van der Waals surface area contributed by atoms with Crippen LogP contribution in [0.4, 0.5) is 0 Å². The lowest BCUT2D eigenvalue weighted by molar-refractivity contribution is -0.114. The molecule has 2 heteroatoms. The molecule has 0 saturated heterocycles. The first-order valence-corrected chi connectivity index (χ1v) is 6.85. The number of carbonyl (C=O) groups excluding carboxylic acids is 1. The molecule has 2 rings (SSSR count). The molecule has 0 aromatic heterocycles. The predicted molar refractivity (Wildman–Crippen MR) is 73.1 cm³/mol. The Bertz CT molecular complexity index is 400. The summed E-state index contributed by atoms with van der Waals surface area (Å²) in [4.78, 5) is 11.6. The maximum absolute atomic E-state index is 11.6. The summed E-state index contributed by atoms with van der Waals surface area (Å²) in [5, 5.41) is 10.2. The van der Waals surface area contributed by atoms with Crippen LogP contribution in [0.1, 0.15) is 46.5 Å². The normalized spacial score (nSPS) is 36.9. The number of carbonyl (C=O) groups is 1. The lowest BCUT2D eigenvalue weighted by Crippen LogP contribution is -2.45. The molecule has 0 radical (unpaired) electrons. The number of hydrogen-bond acceptors (Lipinski definition) is 2. The van der Waals surface area contributed by atoms with Crippen LogP contribution < -0.4 is 0 Å². The van der Waals surface area contributed by atoms with Gasteiger partial charge in [-0.05, 0) is 56.4 Å². The van der Waals surface area contributed by atoms with Gasteiger partial charge in [0, 0.05) is 5.92 Å². The Labute approximate surface area is 110 Å². The van der Waals surface area contributed by atoms with E-state index in [0.717, 1.165) is 31.1 Å². The first-order valence-electron chi connectivity index (χ1n) is 6.85. The van der Waals surface area contributed by atoms with E-state index in [0.29, 0.717) is 0 Å². The fraction of sp³-hybridized carbons (Fsp3) is 0.688. The van der Waals surface area contributed by atoms with Gasteiger partial charge in [-0.2, -0.15) is 0 Å². The quantitative estimate of drug-likeness (QED) is 0.601. The lowest BCUT2D eigenvalue weighted by Gasteiger charge is -2.50. The van der Waals surface area contributed by atoms with Crippen molar-refractivity contribution in [1.29, 1.82) is 0 Å². The van der Waals surface area contributed by atoms with Gasteiger partial charge < -0.3 is 9.90 Å². The van der Waals surface area contributed by atoms with Crippen molar-refractivity contribution in [2.24, 2.45) is 17.3 Å². The Morgan fingerprint density at radius 2 is 2.22 bits per heavy atom. The van der Waals surface area contributed by atoms with Crippen molar-refractivity contribution in [1.82, 2.24) is 0 Å². The Morgan fingerprint density at radius 1 is 1.56 bits per heavy atom. The second-order valence-electron chi connectivity index (χ2n) is 6.73. The molecule has 0 amide bonds. The van der Waals surface area contributed by atoms with E-state index in [1.165, 1.54) is 12.0 Å². The van der Waals surface area contributed by atoms with Gasteiger partial charge in [-0.1, -0.05) is 25.2 Å². The lowest BCUT2D eigenvalue weighted by atomic mass is 9.54. The summed E-state index contributed by atoms with van der Waals surface area (Å²) in [5.74, 6) is 0.00623. The highest BCUT2D eigenvalue weighted by Gasteiger charge is 2.48. The van der Waals surface area contributed by atoms with Crippen LogP contribution in [-0.4, -0.2) is 17.0 Å². The molecular weight excluding hydrogens is 224 g/mol. The molecule has 1 N–H and O–H groups in total. The van der Waals surface area contributed by atoms with Crippen LogP contribution in [0.5, 0.6) is 0 Å². The van der Waals surface area contributed by atoms with Gasteiger partial charge in [-0.25, -0.2) is 0 Å². The zero-order chi connectivity index (χ0) is 13.6. The highest BCUT2D eigenvalue weighted by molar-refractivity contribution is 5.63. The van der Waals surface area contributed by atoms with Crippen LogP contribution in [-0.2, 0) is 4.79 Å².